The molecule has 0 amide bonds. The molecule has 2 rings (SSSR count). The second kappa shape index (κ2) is 4.62. The monoisotopic (exact) mass is 211 g/mol. The number of halogens is 1. The van der Waals surface area contributed by atoms with Crippen LogP contribution in [0.25, 0.3) is 0 Å². The lowest BCUT2D eigenvalue weighted by molar-refractivity contribution is 0.239. The molecule has 2 nitrogen and oxygen atoms in total. The molecule has 2 N–H and O–H groups in total. The number of hydrogen-bond donors (Lipinski definition) is 1. The lowest BCUT2D eigenvalue weighted by atomic mass is 10.1. The SMILES string of the molecule is [2H]C([2H])(Oc1ccc(F)cc1)[C@H]1CCC[C@@H]1N. The fourth-order valence-corrected chi connectivity index (χ4v) is 1.78. The van der Waals surface area contributed by atoms with Gasteiger partial charge >= 0.3 is 0 Å². The van der Waals surface area contributed by atoms with Gasteiger partial charge in [0.25, 0.3) is 0 Å². The summed E-state index contributed by atoms with van der Waals surface area (Å²) < 4.78 is 33.8. The fraction of sp³-hybridized carbons (Fsp3) is 0.500. The second-order valence-electron chi connectivity index (χ2n) is 3.88. The molecule has 1 aliphatic carbocycles. The smallest absolute Gasteiger partial charge is 0.123 e. The first kappa shape index (κ1) is 8.11. The summed E-state index contributed by atoms with van der Waals surface area (Å²) in [5.74, 6) is -0.335. The van der Waals surface area contributed by atoms with Crippen LogP contribution in [0, 0.1) is 11.7 Å². The van der Waals surface area contributed by atoms with E-state index in [1.54, 1.807) is 0 Å². The van der Waals surface area contributed by atoms with Gasteiger partial charge in [0.05, 0.1) is 9.30 Å². The van der Waals surface area contributed by atoms with Gasteiger partial charge in [-0.05, 0) is 37.1 Å². The number of rotatable bonds is 3. The molecule has 82 valence electrons. The summed E-state index contributed by atoms with van der Waals surface area (Å²) >= 11 is 0. The molecule has 15 heavy (non-hydrogen) atoms. The normalized spacial score (nSPS) is 28.4. The van der Waals surface area contributed by atoms with Gasteiger partial charge in [-0.2, -0.15) is 0 Å². The van der Waals surface area contributed by atoms with Gasteiger partial charge in [-0.1, -0.05) is 6.42 Å². The van der Waals surface area contributed by atoms with Gasteiger partial charge in [-0.25, -0.2) is 4.39 Å². The van der Waals surface area contributed by atoms with Crippen molar-refractivity contribution in [2.24, 2.45) is 11.7 Å². The van der Waals surface area contributed by atoms with Crippen LogP contribution < -0.4 is 10.5 Å². The molecule has 1 aromatic carbocycles. The van der Waals surface area contributed by atoms with E-state index in [4.69, 9.17) is 13.2 Å². The van der Waals surface area contributed by atoms with Gasteiger partial charge < -0.3 is 10.5 Å². The van der Waals surface area contributed by atoms with Crippen molar-refractivity contribution in [2.75, 3.05) is 6.56 Å². The first-order chi connectivity index (χ1) is 7.99. The first-order valence-corrected chi connectivity index (χ1v) is 5.19. The van der Waals surface area contributed by atoms with Crippen LogP contribution in [0.3, 0.4) is 0 Å². The fourth-order valence-electron chi connectivity index (χ4n) is 1.78. The number of benzene rings is 1. The molecule has 0 bridgehead atoms. The molecule has 0 spiro atoms. The molecular weight excluding hydrogens is 193 g/mol. The Labute approximate surface area is 92.0 Å². The number of hydrogen-bond acceptors (Lipinski definition) is 2. The zero-order valence-corrected chi connectivity index (χ0v) is 8.45. The third-order valence-corrected chi connectivity index (χ3v) is 2.71. The van der Waals surface area contributed by atoms with Gasteiger partial charge in [-0.3, -0.25) is 0 Å². The Bertz CT molecular complexity index is 383. The maximum Gasteiger partial charge on any atom is 0.123 e. The predicted molar refractivity (Wildman–Crippen MR) is 57.2 cm³/mol. The lowest BCUT2D eigenvalue weighted by Gasteiger charge is -2.15. The molecular formula is C12H16FNO. The zero-order chi connectivity index (χ0) is 12.5. The van der Waals surface area contributed by atoms with Gasteiger partial charge in [0.1, 0.15) is 11.6 Å². The highest BCUT2D eigenvalue weighted by atomic mass is 19.1. The summed E-state index contributed by atoms with van der Waals surface area (Å²) in [4.78, 5) is 0. The first-order valence-electron chi connectivity index (χ1n) is 6.19. The van der Waals surface area contributed by atoms with Crippen LogP contribution in [-0.2, 0) is 0 Å². The molecule has 0 aliphatic heterocycles. The Morgan fingerprint density at radius 2 is 2.13 bits per heavy atom. The van der Waals surface area contributed by atoms with Gasteiger partial charge in [0.2, 0.25) is 0 Å². The Morgan fingerprint density at radius 3 is 2.73 bits per heavy atom. The average Bonchev–Trinajstić information content (AvgIpc) is 2.68. The average molecular weight is 211 g/mol. The van der Waals surface area contributed by atoms with Crippen LogP contribution in [0.2, 0.25) is 0 Å². The third-order valence-electron chi connectivity index (χ3n) is 2.71. The summed E-state index contributed by atoms with van der Waals surface area (Å²) in [6.45, 7) is -1.80. The molecule has 0 aromatic heterocycles. The van der Waals surface area contributed by atoms with Crippen LogP contribution in [-0.4, -0.2) is 12.6 Å². The minimum atomic E-state index is -1.80. The van der Waals surface area contributed by atoms with E-state index in [9.17, 15) is 4.39 Å². The van der Waals surface area contributed by atoms with E-state index >= 15 is 0 Å². The van der Waals surface area contributed by atoms with Crippen molar-refractivity contribution in [1.29, 1.82) is 0 Å². The lowest BCUT2D eigenvalue weighted by Crippen LogP contribution is -2.28. The zero-order valence-electron chi connectivity index (χ0n) is 10.4. The molecule has 0 unspecified atom stereocenters. The molecule has 1 fully saturated rings. The van der Waals surface area contributed by atoms with Gasteiger partial charge in [0, 0.05) is 12.0 Å². The Hall–Kier alpha value is -1.09. The van der Waals surface area contributed by atoms with Gasteiger partial charge in [0.15, 0.2) is 0 Å². The van der Waals surface area contributed by atoms with E-state index in [1.165, 1.54) is 24.3 Å². The standard InChI is InChI=1S/C12H16FNO/c13-10-4-6-11(7-5-10)15-8-9-2-1-3-12(9)14/h4-7,9,12H,1-3,8,14H2/t9-,12+/m1/s1/i8D2. The number of ether oxygens (including phenoxy) is 1. The molecule has 1 aromatic rings. The minimum Gasteiger partial charge on any atom is -0.493 e. The maximum absolute atomic E-state index is 12.7. The minimum absolute atomic E-state index is 0.162. The van der Waals surface area contributed by atoms with E-state index in [2.05, 4.69) is 0 Å². The predicted octanol–water partition coefficient (Wildman–Crippen LogP) is 2.33. The Morgan fingerprint density at radius 1 is 1.40 bits per heavy atom. The highest BCUT2D eigenvalue weighted by Crippen LogP contribution is 2.24. The second-order valence-corrected chi connectivity index (χ2v) is 3.88. The molecule has 1 aliphatic rings. The van der Waals surface area contributed by atoms with E-state index < -0.39 is 6.56 Å². The van der Waals surface area contributed by atoms with Crippen molar-refractivity contribution in [3.8, 4) is 5.75 Å². The van der Waals surface area contributed by atoms with Gasteiger partial charge in [-0.15, -0.1) is 0 Å². The topological polar surface area (TPSA) is 35.2 Å². The molecule has 0 heterocycles. The Kier molecular flexibility index (Phi) is 2.50. The number of nitrogens with two attached hydrogens (primary N) is 1. The molecule has 0 radical (unpaired) electrons. The van der Waals surface area contributed by atoms with Crippen molar-refractivity contribution < 1.29 is 11.9 Å². The highest BCUT2D eigenvalue weighted by molar-refractivity contribution is 5.22. The van der Waals surface area contributed by atoms with Crippen molar-refractivity contribution in [3.63, 3.8) is 0 Å². The molecule has 2 atom stereocenters. The maximum atomic E-state index is 12.7. The van der Waals surface area contributed by atoms with E-state index in [1.807, 2.05) is 0 Å². The largest absolute Gasteiger partial charge is 0.493 e. The van der Waals surface area contributed by atoms with Crippen LogP contribution >= 0.6 is 0 Å². The molecule has 3 heteroatoms. The molecule has 0 saturated heterocycles. The van der Waals surface area contributed by atoms with E-state index in [0.717, 1.165) is 19.3 Å². The van der Waals surface area contributed by atoms with Crippen molar-refractivity contribution >= 4 is 0 Å². The van der Waals surface area contributed by atoms with Crippen LogP contribution in [0.15, 0.2) is 24.3 Å². The summed E-state index contributed by atoms with van der Waals surface area (Å²) in [6.07, 6.45) is 2.49. The van der Waals surface area contributed by atoms with Crippen molar-refractivity contribution in [1.82, 2.24) is 0 Å². The molecule has 1 saturated carbocycles. The Balaban J connectivity index is 2.08. The summed E-state index contributed by atoms with van der Waals surface area (Å²) in [5, 5.41) is 0. The summed E-state index contributed by atoms with van der Waals surface area (Å²) in [7, 11) is 0. The van der Waals surface area contributed by atoms with Crippen molar-refractivity contribution in [3.05, 3.63) is 30.1 Å². The van der Waals surface area contributed by atoms with Crippen LogP contribution in [0.4, 0.5) is 4.39 Å². The van der Waals surface area contributed by atoms with Crippen LogP contribution in [0.5, 0.6) is 5.75 Å². The van der Waals surface area contributed by atoms with E-state index in [-0.39, 0.29) is 17.8 Å². The van der Waals surface area contributed by atoms with Crippen molar-refractivity contribution in [2.45, 2.75) is 25.3 Å². The third kappa shape index (κ3) is 2.69. The summed E-state index contributed by atoms with van der Waals surface area (Å²) in [5.41, 5.74) is 5.86. The highest BCUT2D eigenvalue weighted by Gasteiger charge is 2.24. The van der Waals surface area contributed by atoms with E-state index in [0.29, 0.717) is 5.75 Å². The summed E-state index contributed by atoms with van der Waals surface area (Å²) in [6, 6.07) is 5.19. The quantitative estimate of drug-likeness (QED) is 0.832. The van der Waals surface area contributed by atoms with Crippen LogP contribution in [0.1, 0.15) is 22.0 Å².